The monoisotopic (exact) mass is 276 g/mol. The van der Waals surface area contributed by atoms with Gasteiger partial charge in [-0.2, -0.15) is 5.26 Å². The van der Waals surface area contributed by atoms with Crippen LogP contribution in [0.1, 0.15) is 32.4 Å². The van der Waals surface area contributed by atoms with E-state index in [0.717, 1.165) is 18.9 Å². The maximum atomic E-state index is 9.28. The van der Waals surface area contributed by atoms with Crippen molar-refractivity contribution in [1.82, 2.24) is 4.57 Å². The van der Waals surface area contributed by atoms with Crippen LogP contribution in [0.3, 0.4) is 0 Å². The molecule has 0 aliphatic carbocycles. The Morgan fingerprint density at radius 2 is 2.35 bits per heavy atom. The lowest BCUT2D eigenvalue weighted by Gasteiger charge is -2.33. The number of piperidine rings is 1. The molecule has 1 aromatic rings. The Labute approximate surface area is 120 Å². The summed E-state index contributed by atoms with van der Waals surface area (Å²) in [6, 6.07) is 4.01. The van der Waals surface area contributed by atoms with Crippen molar-refractivity contribution in [3.05, 3.63) is 11.8 Å². The average molecular weight is 276 g/mol. The van der Waals surface area contributed by atoms with Gasteiger partial charge in [0.2, 0.25) is 0 Å². The zero-order chi connectivity index (χ0) is 14.5. The molecule has 2 heterocycles. The molecule has 0 bridgehead atoms. The van der Waals surface area contributed by atoms with Crippen LogP contribution in [0, 0.1) is 17.2 Å². The van der Waals surface area contributed by atoms with E-state index in [1.807, 2.05) is 11.5 Å². The Hall–Kier alpha value is -1.67. The molecule has 1 saturated heterocycles. The molecule has 1 atom stereocenters. The topological polar surface area (TPSA) is 67.2 Å². The van der Waals surface area contributed by atoms with E-state index in [9.17, 15) is 5.26 Å². The summed E-state index contributed by atoms with van der Waals surface area (Å²) in [6.07, 6.45) is 2.44. The minimum atomic E-state index is 0.607. The molecule has 1 aliphatic rings. The number of aromatic nitrogens is 1. The van der Waals surface area contributed by atoms with Crippen molar-refractivity contribution in [3.8, 4) is 6.07 Å². The molecule has 0 unspecified atom stereocenters. The number of anilines is 2. The van der Waals surface area contributed by atoms with Crippen LogP contribution in [0.15, 0.2) is 6.07 Å². The number of hydrogen-bond donors (Lipinski definition) is 1. The van der Waals surface area contributed by atoms with Gasteiger partial charge in [-0.05, 0) is 31.7 Å². The fourth-order valence-electron chi connectivity index (χ4n) is 2.91. The number of rotatable bonds is 5. The first-order valence-electron chi connectivity index (χ1n) is 7.39. The maximum Gasteiger partial charge on any atom is 0.133 e. The van der Waals surface area contributed by atoms with Gasteiger partial charge in [-0.1, -0.05) is 6.92 Å². The summed E-state index contributed by atoms with van der Waals surface area (Å²) in [5, 5.41) is 9.28. The molecule has 5 heteroatoms. The normalized spacial score (nSPS) is 19.1. The van der Waals surface area contributed by atoms with Crippen molar-refractivity contribution in [1.29, 1.82) is 5.26 Å². The lowest BCUT2D eigenvalue weighted by Crippen LogP contribution is -2.36. The van der Waals surface area contributed by atoms with Gasteiger partial charge in [-0.3, -0.25) is 0 Å². The highest BCUT2D eigenvalue weighted by Crippen LogP contribution is 2.31. The second-order valence-corrected chi connectivity index (χ2v) is 5.46. The van der Waals surface area contributed by atoms with Crippen molar-refractivity contribution >= 4 is 11.5 Å². The van der Waals surface area contributed by atoms with E-state index in [2.05, 4.69) is 17.9 Å². The first kappa shape index (κ1) is 14.7. The predicted octanol–water partition coefficient (Wildman–Crippen LogP) is 2.21. The van der Waals surface area contributed by atoms with Crippen LogP contribution in [0.2, 0.25) is 0 Å². The van der Waals surface area contributed by atoms with Crippen LogP contribution in [0.5, 0.6) is 0 Å². The molecule has 0 saturated carbocycles. The maximum absolute atomic E-state index is 9.28. The zero-order valence-electron chi connectivity index (χ0n) is 12.4. The van der Waals surface area contributed by atoms with Gasteiger partial charge in [0.1, 0.15) is 17.6 Å². The number of nitrogen functional groups attached to an aromatic ring is 1. The fraction of sp³-hybridized carbons (Fsp3) is 0.667. The Morgan fingerprint density at radius 1 is 1.55 bits per heavy atom. The molecule has 2 N–H and O–H groups in total. The van der Waals surface area contributed by atoms with Crippen LogP contribution in [-0.4, -0.2) is 30.9 Å². The number of ether oxygens (including phenoxy) is 1. The summed E-state index contributed by atoms with van der Waals surface area (Å²) in [5.41, 5.74) is 7.47. The van der Waals surface area contributed by atoms with Crippen LogP contribution in [0.25, 0.3) is 0 Å². The first-order chi connectivity index (χ1) is 9.67. The molecule has 1 fully saturated rings. The van der Waals surface area contributed by atoms with E-state index in [1.54, 1.807) is 6.07 Å². The molecule has 0 spiro atoms. The van der Waals surface area contributed by atoms with Crippen molar-refractivity contribution in [2.75, 3.05) is 36.9 Å². The van der Waals surface area contributed by atoms with Gasteiger partial charge < -0.3 is 19.9 Å². The van der Waals surface area contributed by atoms with E-state index < -0.39 is 0 Å². The van der Waals surface area contributed by atoms with E-state index in [1.165, 1.54) is 12.8 Å². The third-order valence-electron chi connectivity index (χ3n) is 3.83. The number of hydrogen-bond acceptors (Lipinski definition) is 4. The lowest BCUT2D eigenvalue weighted by atomic mass is 10.0. The van der Waals surface area contributed by atoms with Crippen LogP contribution in [0.4, 0.5) is 11.5 Å². The summed E-state index contributed by atoms with van der Waals surface area (Å²) >= 11 is 0. The molecule has 0 radical (unpaired) electrons. The fourth-order valence-corrected chi connectivity index (χ4v) is 2.91. The summed E-state index contributed by atoms with van der Waals surface area (Å²) in [4.78, 5) is 2.32. The molecular formula is C15H24N4O. The van der Waals surface area contributed by atoms with Crippen molar-refractivity contribution in [3.63, 3.8) is 0 Å². The summed E-state index contributed by atoms with van der Waals surface area (Å²) in [6.45, 7) is 8.23. The predicted molar refractivity (Wildman–Crippen MR) is 80.7 cm³/mol. The Morgan fingerprint density at radius 3 is 3.00 bits per heavy atom. The van der Waals surface area contributed by atoms with Gasteiger partial charge in [0.05, 0.1) is 12.3 Å². The standard InChI is InChI=1S/C15H24N4O/c1-3-20-8-7-19-13(10-16)9-14(17)15(19)18-6-4-5-12(2)11-18/h9,12H,3-8,11,17H2,1-2H3/t12-/m0/s1. The summed E-state index contributed by atoms with van der Waals surface area (Å²) in [7, 11) is 0. The van der Waals surface area contributed by atoms with Crippen molar-refractivity contribution in [2.45, 2.75) is 33.2 Å². The van der Waals surface area contributed by atoms with Gasteiger partial charge in [0.25, 0.3) is 0 Å². The Kier molecular flexibility index (Phi) is 4.91. The van der Waals surface area contributed by atoms with E-state index in [-0.39, 0.29) is 0 Å². The van der Waals surface area contributed by atoms with Gasteiger partial charge in [-0.15, -0.1) is 0 Å². The highest BCUT2D eigenvalue weighted by molar-refractivity contribution is 5.68. The van der Waals surface area contributed by atoms with E-state index in [0.29, 0.717) is 37.1 Å². The number of nitriles is 1. The van der Waals surface area contributed by atoms with Crippen LogP contribution in [-0.2, 0) is 11.3 Å². The molecule has 5 nitrogen and oxygen atoms in total. The quantitative estimate of drug-likeness (QED) is 0.837. The van der Waals surface area contributed by atoms with E-state index >= 15 is 0 Å². The molecule has 110 valence electrons. The summed E-state index contributed by atoms with van der Waals surface area (Å²) in [5.74, 6) is 1.66. The third-order valence-corrected chi connectivity index (χ3v) is 3.83. The number of nitrogens with two attached hydrogens (primary N) is 1. The average Bonchev–Trinajstić information content (AvgIpc) is 2.75. The molecule has 1 aromatic heterocycles. The molecule has 20 heavy (non-hydrogen) atoms. The Balaban J connectivity index is 2.25. The van der Waals surface area contributed by atoms with Crippen LogP contribution >= 0.6 is 0 Å². The van der Waals surface area contributed by atoms with Crippen LogP contribution < -0.4 is 10.6 Å². The highest BCUT2D eigenvalue weighted by Gasteiger charge is 2.23. The highest BCUT2D eigenvalue weighted by atomic mass is 16.5. The van der Waals surface area contributed by atoms with Crippen molar-refractivity contribution < 1.29 is 4.74 Å². The minimum absolute atomic E-state index is 0.607. The first-order valence-corrected chi connectivity index (χ1v) is 7.39. The summed E-state index contributed by atoms with van der Waals surface area (Å²) < 4.78 is 7.42. The molecular weight excluding hydrogens is 252 g/mol. The zero-order valence-corrected chi connectivity index (χ0v) is 12.4. The van der Waals surface area contributed by atoms with Gasteiger partial charge >= 0.3 is 0 Å². The van der Waals surface area contributed by atoms with Gasteiger partial charge in [0, 0.05) is 26.2 Å². The van der Waals surface area contributed by atoms with Gasteiger partial charge in [-0.25, -0.2) is 0 Å². The lowest BCUT2D eigenvalue weighted by molar-refractivity contribution is 0.139. The Bertz CT molecular complexity index is 489. The molecule has 0 aromatic carbocycles. The largest absolute Gasteiger partial charge is 0.396 e. The third kappa shape index (κ3) is 3.07. The van der Waals surface area contributed by atoms with E-state index in [4.69, 9.17) is 10.5 Å². The number of nitrogens with zero attached hydrogens (tertiary/aromatic N) is 3. The molecule has 1 aliphatic heterocycles. The molecule has 2 rings (SSSR count). The second kappa shape index (κ2) is 6.67. The van der Waals surface area contributed by atoms with Crippen molar-refractivity contribution in [2.24, 2.45) is 5.92 Å². The SMILES string of the molecule is CCOCCn1c(C#N)cc(N)c1N1CCC[C@H](C)C1. The molecule has 0 amide bonds. The minimum Gasteiger partial charge on any atom is -0.396 e. The smallest absolute Gasteiger partial charge is 0.133 e. The second-order valence-electron chi connectivity index (χ2n) is 5.46. The van der Waals surface area contributed by atoms with Gasteiger partial charge in [0.15, 0.2) is 0 Å².